The van der Waals surface area contributed by atoms with Crippen LogP contribution in [0.4, 0.5) is 5.13 Å². The summed E-state index contributed by atoms with van der Waals surface area (Å²) in [6, 6.07) is 13.0. The van der Waals surface area contributed by atoms with Crippen LogP contribution in [-0.4, -0.2) is 36.0 Å². The van der Waals surface area contributed by atoms with Crippen molar-refractivity contribution in [2.24, 2.45) is 0 Å². The van der Waals surface area contributed by atoms with E-state index in [9.17, 15) is 9.90 Å². The minimum atomic E-state index is -0.581. The van der Waals surface area contributed by atoms with E-state index in [0.29, 0.717) is 21.7 Å². The van der Waals surface area contributed by atoms with Gasteiger partial charge in [-0.2, -0.15) is 0 Å². The van der Waals surface area contributed by atoms with Crippen molar-refractivity contribution in [3.05, 3.63) is 69.7 Å². The summed E-state index contributed by atoms with van der Waals surface area (Å²) in [5.74, 6) is 1.27. The predicted molar refractivity (Wildman–Crippen MR) is 121 cm³/mol. The number of fused-ring (bicyclic) bond motifs is 1. The molecule has 2 heterocycles. The van der Waals surface area contributed by atoms with Crippen LogP contribution in [0.15, 0.2) is 48.7 Å². The van der Waals surface area contributed by atoms with Crippen LogP contribution in [-0.2, 0) is 14.9 Å². The molecule has 0 radical (unpaired) electrons. The van der Waals surface area contributed by atoms with Crippen LogP contribution >= 0.6 is 22.9 Å². The Bertz CT molecular complexity index is 1150. The highest BCUT2D eigenvalue weighted by Gasteiger charge is 2.52. The summed E-state index contributed by atoms with van der Waals surface area (Å²) in [6.07, 6.45) is 2.71. The molecule has 2 N–H and O–H groups in total. The van der Waals surface area contributed by atoms with E-state index in [0.717, 1.165) is 28.8 Å². The minimum Gasteiger partial charge on any atom is -0.454 e. The van der Waals surface area contributed by atoms with E-state index in [1.165, 1.54) is 11.3 Å². The van der Waals surface area contributed by atoms with E-state index in [1.807, 2.05) is 36.4 Å². The molecular weight excluding hydrogens is 452 g/mol. The highest BCUT2D eigenvalue weighted by molar-refractivity contribution is 7.15. The third-order valence-electron chi connectivity index (χ3n) is 5.68. The number of carbonyl (C=O) groups excluding carboxylic acids is 1. The average molecular weight is 473 g/mol. The fourth-order valence-corrected chi connectivity index (χ4v) is 4.95. The molecule has 0 bridgehead atoms. The largest absolute Gasteiger partial charge is 0.454 e. The Morgan fingerprint density at radius 1 is 1.25 bits per heavy atom. The SMILES string of the molecule is O=C(Nc1ncc(C(OCCO)c2ccccc2Cl)s1)C1(c2ccc3c(c2)OCO3)CC1. The number of thiazole rings is 1. The highest BCUT2D eigenvalue weighted by atomic mass is 35.5. The van der Waals surface area contributed by atoms with Gasteiger partial charge in [0.15, 0.2) is 16.6 Å². The van der Waals surface area contributed by atoms with Gasteiger partial charge in [0.2, 0.25) is 12.7 Å². The number of nitrogens with one attached hydrogen (secondary N) is 1. The number of hydrogen-bond acceptors (Lipinski definition) is 7. The van der Waals surface area contributed by atoms with Crippen LogP contribution < -0.4 is 14.8 Å². The summed E-state index contributed by atoms with van der Waals surface area (Å²) < 4.78 is 16.7. The number of aliphatic hydroxyl groups excluding tert-OH is 1. The molecule has 3 aromatic rings. The lowest BCUT2D eigenvalue weighted by Crippen LogP contribution is -2.27. The lowest BCUT2D eigenvalue weighted by Gasteiger charge is -2.17. The van der Waals surface area contributed by atoms with Gasteiger partial charge in [0.1, 0.15) is 6.10 Å². The molecule has 1 atom stereocenters. The molecule has 0 spiro atoms. The molecule has 1 amide bonds. The Hall–Kier alpha value is -2.65. The first-order valence-corrected chi connectivity index (χ1v) is 11.4. The normalized spacial score (nSPS) is 16.6. The van der Waals surface area contributed by atoms with Crippen LogP contribution in [0.5, 0.6) is 11.5 Å². The number of anilines is 1. The number of rotatable bonds is 8. The number of halogens is 1. The first kappa shape index (κ1) is 21.2. The van der Waals surface area contributed by atoms with Crippen LogP contribution in [0.25, 0.3) is 0 Å². The summed E-state index contributed by atoms with van der Waals surface area (Å²) in [5, 5.41) is 13.2. The topological polar surface area (TPSA) is 89.9 Å². The second-order valence-electron chi connectivity index (χ2n) is 7.67. The lowest BCUT2D eigenvalue weighted by molar-refractivity contribution is -0.118. The van der Waals surface area contributed by atoms with Gasteiger partial charge in [-0.15, -0.1) is 0 Å². The molecule has 32 heavy (non-hydrogen) atoms. The summed E-state index contributed by atoms with van der Waals surface area (Å²) in [5.41, 5.74) is 1.11. The molecule has 2 aromatic carbocycles. The zero-order valence-electron chi connectivity index (χ0n) is 17.0. The van der Waals surface area contributed by atoms with Crippen molar-refractivity contribution < 1.29 is 24.1 Å². The van der Waals surface area contributed by atoms with Crippen molar-refractivity contribution in [2.45, 2.75) is 24.4 Å². The number of ether oxygens (including phenoxy) is 3. The highest BCUT2D eigenvalue weighted by Crippen LogP contribution is 2.51. The zero-order chi connectivity index (χ0) is 22.1. The van der Waals surface area contributed by atoms with Crippen molar-refractivity contribution in [1.29, 1.82) is 0 Å². The maximum Gasteiger partial charge on any atom is 0.236 e. The van der Waals surface area contributed by atoms with E-state index in [-0.39, 0.29) is 25.9 Å². The summed E-state index contributed by atoms with van der Waals surface area (Å²) in [6.45, 7) is 0.245. The monoisotopic (exact) mass is 472 g/mol. The second-order valence-corrected chi connectivity index (χ2v) is 9.14. The van der Waals surface area contributed by atoms with E-state index < -0.39 is 11.5 Å². The predicted octanol–water partition coefficient (Wildman–Crippen LogP) is 4.29. The Balaban J connectivity index is 1.35. The molecule has 1 saturated carbocycles. The quantitative estimate of drug-likeness (QED) is 0.508. The van der Waals surface area contributed by atoms with E-state index in [4.69, 9.17) is 25.8 Å². The van der Waals surface area contributed by atoms with Gasteiger partial charge < -0.3 is 24.6 Å². The number of amides is 1. The maximum absolute atomic E-state index is 13.2. The van der Waals surface area contributed by atoms with E-state index in [1.54, 1.807) is 12.3 Å². The number of aliphatic hydroxyl groups is 1. The summed E-state index contributed by atoms with van der Waals surface area (Å²) in [4.78, 5) is 18.3. The Morgan fingerprint density at radius 2 is 2.06 bits per heavy atom. The lowest BCUT2D eigenvalue weighted by atomic mass is 9.94. The summed E-state index contributed by atoms with van der Waals surface area (Å²) >= 11 is 7.70. The fraction of sp³-hybridized carbons (Fsp3) is 0.304. The van der Waals surface area contributed by atoms with Gasteiger partial charge in [-0.1, -0.05) is 47.2 Å². The van der Waals surface area contributed by atoms with Crippen molar-refractivity contribution in [3.8, 4) is 11.5 Å². The summed E-state index contributed by atoms with van der Waals surface area (Å²) in [7, 11) is 0. The Labute approximate surface area is 193 Å². The molecule has 166 valence electrons. The van der Waals surface area contributed by atoms with Crippen molar-refractivity contribution in [2.75, 3.05) is 25.3 Å². The fourth-order valence-electron chi connectivity index (χ4n) is 3.83. The zero-order valence-corrected chi connectivity index (χ0v) is 18.6. The van der Waals surface area contributed by atoms with Crippen LogP contribution in [0.2, 0.25) is 5.02 Å². The second kappa shape index (κ2) is 8.71. The molecule has 1 aromatic heterocycles. The van der Waals surface area contributed by atoms with E-state index in [2.05, 4.69) is 10.3 Å². The number of aromatic nitrogens is 1. The number of nitrogens with zero attached hydrogens (tertiary/aromatic N) is 1. The molecule has 0 saturated heterocycles. The first-order valence-electron chi connectivity index (χ1n) is 10.2. The van der Waals surface area contributed by atoms with Gasteiger partial charge in [-0.25, -0.2) is 4.98 Å². The molecular formula is C23H21ClN2O5S. The first-order chi connectivity index (χ1) is 15.6. The molecule has 1 aliphatic carbocycles. The van der Waals surface area contributed by atoms with Gasteiger partial charge in [0, 0.05) is 16.8 Å². The Kier molecular flexibility index (Phi) is 5.77. The third kappa shape index (κ3) is 3.95. The van der Waals surface area contributed by atoms with Crippen molar-refractivity contribution in [3.63, 3.8) is 0 Å². The third-order valence-corrected chi connectivity index (χ3v) is 6.98. The number of carbonyl (C=O) groups is 1. The van der Waals surface area contributed by atoms with Gasteiger partial charge in [-0.3, -0.25) is 4.79 Å². The number of benzene rings is 2. The van der Waals surface area contributed by atoms with Crippen LogP contribution in [0, 0.1) is 0 Å². The minimum absolute atomic E-state index is 0.0946. The molecule has 1 fully saturated rings. The van der Waals surface area contributed by atoms with Crippen molar-refractivity contribution in [1.82, 2.24) is 4.98 Å². The van der Waals surface area contributed by atoms with Crippen LogP contribution in [0.3, 0.4) is 0 Å². The van der Waals surface area contributed by atoms with Crippen molar-refractivity contribution >= 4 is 34.0 Å². The molecule has 9 heteroatoms. The smallest absolute Gasteiger partial charge is 0.236 e. The van der Waals surface area contributed by atoms with Gasteiger partial charge >= 0.3 is 0 Å². The molecule has 1 unspecified atom stereocenters. The van der Waals surface area contributed by atoms with Gasteiger partial charge in [0.05, 0.1) is 23.5 Å². The van der Waals surface area contributed by atoms with Gasteiger partial charge in [-0.05, 0) is 36.6 Å². The van der Waals surface area contributed by atoms with Gasteiger partial charge in [0.25, 0.3) is 0 Å². The molecule has 7 nitrogen and oxygen atoms in total. The number of hydrogen-bond donors (Lipinski definition) is 2. The molecule has 5 rings (SSSR count). The molecule has 1 aliphatic heterocycles. The van der Waals surface area contributed by atoms with E-state index >= 15 is 0 Å². The van der Waals surface area contributed by atoms with Crippen LogP contribution in [0.1, 0.15) is 34.9 Å². The Morgan fingerprint density at radius 3 is 2.84 bits per heavy atom. The molecule has 2 aliphatic rings. The average Bonchev–Trinajstić information content (AvgIpc) is 3.26. The maximum atomic E-state index is 13.2. The standard InChI is InChI=1S/C23H21ClN2O5S/c24-16-4-2-1-3-15(16)20(29-10-9-27)19-12-25-22(32-19)26-21(28)23(7-8-23)14-5-6-17-18(11-14)31-13-30-17/h1-6,11-12,20,27H,7-10,13H2,(H,25,26,28).